The molecule has 0 atom stereocenters. The third kappa shape index (κ3) is 4.14. The van der Waals surface area contributed by atoms with Gasteiger partial charge in [0.25, 0.3) is 0 Å². The minimum Gasteiger partial charge on any atom is -0.488 e. The molecule has 0 heterocycles. The van der Waals surface area contributed by atoms with E-state index in [0.717, 1.165) is 22.5 Å². The molecule has 0 spiro atoms. The third-order valence-corrected chi connectivity index (χ3v) is 3.49. The Morgan fingerprint density at radius 3 is 2.80 bits per heavy atom. The number of benzene rings is 2. The summed E-state index contributed by atoms with van der Waals surface area (Å²) in [6.07, 6.45) is 1.74. The summed E-state index contributed by atoms with van der Waals surface area (Å²) in [4.78, 5) is 0. The molecule has 0 saturated carbocycles. The number of anilines is 1. The van der Waals surface area contributed by atoms with Crippen LogP contribution in [0.1, 0.15) is 11.1 Å². The highest BCUT2D eigenvalue weighted by atomic mass is 79.9. The van der Waals surface area contributed by atoms with Gasteiger partial charge in [-0.15, -0.1) is 0 Å². The van der Waals surface area contributed by atoms with Crippen LogP contribution in [0.25, 0.3) is 0 Å². The molecule has 0 aliphatic heterocycles. The Bertz CT molecular complexity index is 595. The molecule has 104 valence electrons. The van der Waals surface area contributed by atoms with Crippen LogP contribution in [0.4, 0.5) is 5.69 Å². The van der Waals surface area contributed by atoms with Crippen molar-refractivity contribution in [2.24, 2.45) is 0 Å². The molecule has 0 saturated heterocycles. The standard InChI is InChI=1S/C17H18BrNO/c1-3-9-20-17-8-7-14(11-16(17)18)12-19-15-6-4-5-13(2)10-15/h3-8,10-11,19H,1,9,12H2,2H3. The fourth-order valence-electron chi connectivity index (χ4n) is 1.88. The van der Waals surface area contributed by atoms with Gasteiger partial charge < -0.3 is 10.1 Å². The average Bonchev–Trinajstić information content (AvgIpc) is 2.44. The molecule has 0 fully saturated rings. The van der Waals surface area contributed by atoms with Gasteiger partial charge in [-0.25, -0.2) is 0 Å². The van der Waals surface area contributed by atoms with Gasteiger partial charge >= 0.3 is 0 Å². The normalized spacial score (nSPS) is 10.1. The van der Waals surface area contributed by atoms with E-state index in [2.05, 4.69) is 71.1 Å². The first kappa shape index (κ1) is 14.7. The largest absolute Gasteiger partial charge is 0.488 e. The molecule has 3 heteroatoms. The van der Waals surface area contributed by atoms with Gasteiger partial charge in [-0.1, -0.05) is 30.9 Å². The van der Waals surface area contributed by atoms with Gasteiger partial charge in [0.1, 0.15) is 12.4 Å². The van der Waals surface area contributed by atoms with Crippen molar-refractivity contribution in [1.29, 1.82) is 0 Å². The fraction of sp³-hybridized carbons (Fsp3) is 0.176. The summed E-state index contributed by atoms with van der Waals surface area (Å²) in [5.41, 5.74) is 3.58. The van der Waals surface area contributed by atoms with Crippen molar-refractivity contribution < 1.29 is 4.74 Å². The molecule has 0 amide bonds. The topological polar surface area (TPSA) is 21.3 Å². The lowest BCUT2D eigenvalue weighted by Crippen LogP contribution is -2.00. The number of rotatable bonds is 6. The maximum atomic E-state index is 5.53. The van der Waals surface area contributed by atoms with Crippen molar-refractivity contribution >= 4 is 21.6 Å². The number of halogens is 1. The first-order chi connectivity index (χ1) is 9.69. The molecular weight excluding hydrogens is 314 g/mol. The molecule has 1 N–H and O–H groups in total. The highest BCUT2D eigenvalue weighted by Crippen LogP contribution is 2.26. The zero-order valence-corrected chi connectivity index (χ0v) is 13.1. The Hall–Kier alpha value is -1.74. The van der Waals surface area contributed by atoms with Crippen LogP contribution in [-0.2, 0) is 6.54 Å². The van der Waals surface area contributed by atoms with Crippen LogP contribution in [0.5, 0.6) is 5.75 Å². The Labute approximate surface area is 128 Å². The summed E-state index contributed by atoms with van der Waals surface area (Å²) in [6, 6.07) is 14.5. The Kier molecular flexibility index (Phi) is 5.24. The van der Waals surface area contributed by atoms with Gasteiger partial charge in [-0.3, -0.25) is 0 Å². The van der Waals surface area contributed by atoms with Crippen LogP contribution in [0.3, 0.4) is 0 Å². The Morgan fingerprint density at radius 2 is 2.10 bits per heavy atom. The van der Waals surface area contributed by atoms with E-state index in [0.29, 0.717) is 6.61 Å². The second-order valence-electron chi connectivity index (χ2n) is 4.59. The molecule has 0 aromatic heterocycles. The number of hydrogen-bond acceptors (Lipinski definition) is 2. The van der Waals surface area contributed by atoms with Gasteiger partial charge in [-0.05, 0) is 58.2 Å². The maximum absolute atomic E-state index is 5.53. The second-order valence-corrected chi connectivity index (χ2v) is 5.44. The molecule has 2 nitrogen and oxygen atoms in total. The van der Waals surface area contributed by atoms with Gasteiger partial charge in [0, 0.05) is 12.2 Å². The van der Waals surface area contributed by atoms with Crippen molar-refractivity contribution in [2.45, 2.75) is 13.5 Å². The number of nitrogens with one attached hydrogen (secondary N) is 1. The fourth-order valence-corrected chi connectivity index (χ4v) is 2.42. The van der Waals surface area contributed by atoms with Crippen molar-refractivity contribution in [3.05, 3.63) is 70.7 Å². The predicted octanol–water partition coefficient (Wildman–Crippen LogP) is 4.93. The van der Waals surface area contributed by atoms with Crippen molar-refractivity contribution in [1.82, 2.24) is 0 Å². The molecular formula is C17H18BrNO. The summed E-state index contributed by atoms with van der Waals surface area (Å²) in [5.74, 6) is 0.837. The van der Waals surface area contributed by atoms with Crippen molar-refractivity contribution in [2.75, 3.05) is 11.9 Å². The van der Waals surface area contributed by atoms with Crippen LogP contribution in [0, 0.1) is 6.92 Å². The SMILES string of the molecule is C=CCOc1ccc(CNc2cccc(C)c2)cc1Br. The van der Waals surface area contributed by atoms with Gasteiger partial charge in [-0.2, -0.15) is 0 Å². The smallest absolute Gasteiger partial charge is 0.133 e. The molecule has 0 bridgehead atoms. The van der Waals surface area contributed by atoms with E-state index in [4.69, 9.17) is 4.74 Å². The lowest BCUT2D eigenvalue weighted by atomic mass is 10.2. The quantitative estimate of drug-likeness (QED) is 0.757. The highest BCUT2D eigenvalue weighted by molar-refractivity contribution is 9.10. The zero-order chi connectivity index (χ0) is 14.4. The van der Waals surface area contributed by atoms with Gasteiger partial charge in [0.2, 0.25) is 0 Å². The molecule has 20 heavy (non-hydrogen) atoms. The van der Waals surface area contributed by atoms with E-state index in [1.807, 2.05) is 6.07 Å². The summed E-state index contributed by atoms with van der Waals surface area (Å²) in [5, 5.41) is 3.41. The van der Waals surface area contributed by atoms with E-state index < -0.39 is 0 Å². The number of aryl methyl sites for hydroxylation is 1. The Morgan fingerprint density at radius 1 is 1.25 bits per heavy atom. The average molecular weight is 332 g/mol. The summed E-state index contributed by atoms with van der Waals surface area (Å²) in [7, 11) is 0. The minimum atomic E-state index is 0.513. The van der Waals surface area contributed by atoms with Crippen LogP contribution < -0.4 is 10.1 Å². The lowest BCUT2D eigenvalue weighted by Gasteiger charge is -2.10. The first-order valence-corrected chi connectivity index (χ1v) is 7.31. The molecule has 2 aromatic rings. The summed E-state index contributed by atoms with van der Waals surface area (Å²) < 4.78 is 6.50. The van der Waals surface area contributed by atoms with Crippen LogP contribution in [0.15, 0.2) is 59.6 Å². The van der Waals surface area contributed by atoms with E-state index in [1.165, 1.54) is 11.1 Å². The Balaban J connectivity index is 1.99. The van der Waals surface area contributed by atoms with Gasteiger partial charge in [0.15, 0.2) is 0 Å². The highest BCUT2D eigenvalue weighted by Gasteiger charge is 2.02. The molecule has 0 aliphatic rings. The first-order valence-electron chi connectivity index (χ1n) is 6.51. The lowest BCUT2D eigenvalue weighted by molar-refractivity contribution is 0.361. The second kappa shape index (κ2) is 7.15. The van der Waals surface area contributed by atoms with Gasteiger partial charge in [0.05, 0.1) is 4.47 Å². The molecule has 2 aromatic carbocycles. The van der Waals surface area contributed by atoms with Crippen LogP contribution in [0.2, 0.25) is 0 Å². The monoisotopic (exact) mass is 331 g/mol. The molecule has 0 radical (unpaired) electrons. The summed E-state index contributed by atoms with van der Waals surface area (Å²) in [6.45, 7) is 7.03. The number of hydrogen-bond donors (Lipinski definition) is 1. The molecule has 2 rings (SSSR count). The van der Waals surface area contributed by atoms with Crippen LogP contribution in [-0.4, -0.2) is 6.61 Å². The van der Waals surface area contributed by atoms with Crippen LogP contribution >= 0.6 is 15.9 Å². The van der Waals surface area contributed by atoms with E-state index in [1.54, 1.807) is 6.08 Å². The van der Waals surface area contributed by atoms with Crippen molar-refractivity contribution in [3.8, 4) is 5.75 Å². The third-order valence-electron chi connectivity index (χ3n) is 2.87. The molecule has 0 aliphatic carbocycles. The maximum Gasteiger partial charge on any atom is 0.133 e. The zero-order valence-electron chi connectivity index (χ0n) is 11.5. The predicted molar refractivity (Wildman–Crippen MR) is 88.3 cm³/mol. The number of ether oxygens (including phenoxy) is 1. The summed E-state index contributed by atoms with van der Waals surface area (Å²) >= 11 is 3.53. The minimum absolute atomic E-state index is 0.513. The molecule has 0 unspecified atom stereocenters. The van der Waals surface area contributed by atoms with Crippen molar-refractivity contribution in [3.63, 3.8) is 0 Å². The van der Waals surface area contributed by atoms with E-state index in [-0.39, 0.29) is 0 Å². The van der Waals surface area contributed by atoms with E-state index >= 15 is 0 Å². The van der Waals surface area contributed by atoms with E-state index in [9.17, 15) is 0 Å².